The average molecular weight is 283 g/mol. The van der Waals surface area contributed by atoms with Gasteiger partial charge in [-0.05, 0) is 29.8 Å². The van der Waals surface area contributed by atoms with E-state index in [9.17, 15) is 9.59 Å². The lowest BCUT2D eigenvalue weighted by Crippen LogP contribution is -2.26. The molecule has 0 saturated heterocycles. The summed E-state index contributed by atoms with van der Waals surface area (Å²) in [6.07, 6.45) is 0.687. The number of carbonyl (C=O) groups is 2. The number of benzene rings is 2. The molecule has 2 aromatic rings. The van der Waals surface area contributed by atoms with Gasteiger partial charge in [0.05, 0.1) is 0 Å². The van der Waals surface area contributed by atoms with Crippen LogP contribution >= 0.6 is 0 Å². The van der Waals surface area contributed by atoms with Gasteiger partial charge in [-0.2, -0.15) is 0 Å². The molecule has 0 fully saturated rings. The minimum atomic E-state index is -0.0548. The van der Waals surface area contributed by atoms with Crippen molar-refractivity contribution in [2.75, 3.05) is 13.7 Å². The van der Waals surface area contributed by atoms with Crippen molar-refractivity contribution in [3.8, 4) is 5.75 Å². The summed E-state index contributed by atoms with van der Waals surface area (Å²) < 4.78 is 5.15. The summed E-state index contributed by atoms with van der Waals surface area (Å²) in [5, 5.41) is 0. The van der Waals surface area contributed by atoms with Crippen molar-refractivity contribution in [1.82, 2.24) is 4.90 Å². The Kier molecular flexibility index (Phi) is 5.10. The van der Waals surface area contributed by atoms with Gasteiger partial charge in [-0.3, -0.25) is 9.59 Å². The summed E-state index contributed by atoms with van der Waals surface area (Å²) >= 11 is 0. The van der Waals surface area contributed by atoms with Crippen LogP contribution in [0.15, 0.2) is 54.6 Å². The highest BCUT2D eigenvalue weighted by Gasteiger charge is 2.11. The van der Waals surface area contributed by atoms with Crippen LogP contribution in [0.25, 0.3) is 0 Å². The monoisotopic (exact) mass is 283 g/mol. The summed E-state index contributed by atoms with van der Waals surface area (Å²) in [7, 11) is 1.77. The van der Waals surface area contributed by atoms with Gasteiger partial charge in [-0.1, -0.05) is 30.3 Å². The lowest BCUT2D eigenvalue weighted by molar-refractivity contribution is -0.109. The molecule has 0 aliphatic carbocycles. The molecule has 2 aromatic carbocycles. The number of nitrogens with zero attached hydrogens (tertiary/aromatic N) is 1. The van der Waals surface area contributed by atoms with Crippen LogP contribution in [0, 0.1) is 0 Å². The van der Waals surface area contributed by atoms with Gasteiger partial charge in [-0.15, -0.1) is 0 Å². The van der Waals surface area contributed by atoms with Crippen molar-refractivity contribution >= 4 is 12.2 Å². The zero-order chi connectivity index (χ0) is 15.1. The molecular formula is C17H17NO3. The van der Waals surface area contributed by atoms with Gasteiger partial charge in [0.25, 0.3) is 5.91 Å². The van der Waals surface area contributed by atoms with Crippen molar-refractivity contribution in [3.63, 3.8) is 0 Å². The molecule has 0 N–H and O–H groups in total. The quantitative estimate of drug-likeness (QED) is 0.765. The smallest absolute Gasteiger partial charge is 0.253 e. The molecule has 0 aliphatic rings. The Morgan fingerprint density at radius 1 is 1.10 bits per heavy atom. The van der Waals surface area contributed by atoms with Crippen LogP contribution in [-0.2, 0) is 11.3 Å². The largest absolute Gasteiger partial charge is 0.486 e. The molecule has 108 valence electrons. The van der Waals surface area contributed by atoms with Crippen LogP contribution in [0.5, 0.6) is 5.75 Å². The molecule has 2 rings (SSSR count). The molecule has 4 heteroatoms. The predicted octanol–water partition coefficient (Wildman–Crippen LogP) is 2.54. The van der Waals surface area contributed by atoms with E-state index < -0.39 is 0 Å². The molecule has 0 radical (unpaired) electrons. The molecule has 0 spiro atoms. The topological polar surface area (TPSA) is 46.6 Å². The molecule has 0 bridgehead atoms. The van der Waals surface area contributed by atoms with E-state index in [1.54, 1.807) is 36.2 Å². The molecule has 0 aromatic heterocycles. The number of carbonyl (C=O) groups excluding carboxylic acids is 2. The lowest BCUT2D eigenvalue weighted by Gasteiger charge is -2.17. The molecule has 1 amide bonds. The third-order valence-corrected chi connectivity index (χ3v) is 3.03. The summed E-state index contributed by atoms with van der Waals surface area (Å²) in [5.41, 5.74) is 1.67. The summed E-state index contributed by atoms with van der Waals surface area (Å²) in [4.78, 5) is 24.2. The number of aldehydes is 1. The van der Waals surface area contributed by atoms with E-state index in [4.69, 9.17) is 4.74 Å². The lowest BCUT2D eigenvalue weighted by atomic mass is 10.1. The zero-order valence-corrected chi connectivity index (χ0v) is 11.9. The second kappa shape index (κ2) is 7.24. The summed E-state index contributed by atoms with van der Waals surface area (Å²) in [6, 6.07) is 16.6. The number of hydrogen-bond donors (Lipinski definition) is 0. The Hall–Kier alpha value is -2.62. The Balaban J connectivity index is 2.00. The summed E-state index contributed by atoms with van der Waals surface area (Å²) in [6.45, 7) is 0.574. The van der Waals surface area contributed by atoms with E-state index in [0.29, 0.717) is 24.1 Å². The minimum absolute atomic E-state index is 0.0151. The van der Waals surface area contributed by atoms with Crippen LogP contribution in [0.3, 0.4) is 0 Å². The fourth-order valence-electron chi connectivity index (χ4n) is 1.97. The molecule has 0 aliphatic heterocycles. The zero-order valence-electron chi connectivity index (χ0n) is 11.9. The molecule has 21 heavy (non-hydrogen) atoms. The Labute approximate surface area is 124 Å². The molecule has 0 unspecified atom stereocenters. The second-order valence-electron chi connectivity index (χ2n) is 4.65. The van der Waals surface area contributed by atoms with E-state index >= 15 is 0 Å². The molecule has 0 heterocycles. The SMILES string of the molecule is CN(Cc1ccccc1)C(=O)c1ccc(OCC=O)cc1. The standard InChI is InChI=1S/C17H17NO3/c1-18(13-14-5-3-2-4-6-14)17(20)15-7-9-16(10-8-15)21-12-11-19/h2-11H,12-13H2,1H3. The van der Waals surface area contributed by atoms with Crippen LogP contribution in [-0.4, -0.2) is 30.7 Å². The summed E-state index contributed by atoms with van der Waals surface area (Å²) in [5.74, 6) is 0.519. The van der Waals surface area contributed by atoms with E-state index in [-0.39, 0.29) is 12.5 Å². The van der Waals surface area contributed by atoms with E-state index in [1.165, 1.54) is 0 Å². The van der Waals surface area contributed by atoms with Gasteiger partial charge in [-0.25, -0.2) is 0 Å². The van der Waals surface area contributed by atoms with E-state index in [2.05, 4.69) is 0 Å². The fourth-order valence-corrected chi connectivity index (χ4v) is 1.97. The van der Waals surface area contributed by atoms with Gasteiger partial charge in [0.1, 0.15) is 12.4 Å². The maximum absolute atomic E-state index is 12.3. The van der Waals surface area contributed by atoms with Crippen LogP contribution in [0.4, 0.5) is 0 Å². The number of hydrogen-bond acceptors (Lipinski definition) is 3. The Bertz CT molecular complexity index is 593. The molecule has 0 saturated carbocycles. The Morgan fingerprint density at radius 2 is 1.76 bits per heavy atom. The van der Waals surface area contributed by atoms with Crippen molar-refractivity contribution in [1.29, 1.82) is 0 Å². The van der Waals surface area contributed by atoms with Gasteiger partial charge in [0, 0.05) is 19.2 Å². The highest BCUT2D eigenvalue weighted by Crippen LogP contribution is 2.14. The number of rotatable bonds is 6. The van der Waals surface area contributed by atoms with Gasteiger partial charge in [0.2, 0.25) is 0 Å². The maximum Gasteiger partial charge on any atom is 0.253 e. The Morgan fingerprint density at radius 3 is 2.38 bits per heavy atom. The van der Waals surface area contributed by atoms with Crippen molar-refractivity contribution < 1.29 is 14.3 Å². The van der Waals surface area contributed by atoms with Crippen LogP contribution in [0.1, 0.15) is 15.9 Å². The second-order valence-corrected chi connectivity index (χ2v) is 4.65. The first-order valence-corrected chi connectivity index (χ1v) is 6.66. The highest BCUT2D eigenvalue weighted by atomic mass is 16.5. The third-order valence-electron chi connectivity index (χ3n) is 3.03. The first-order valence-electron chi connectivity index (χ1n) is 6.66. The van der Waals surface area contributed by atoms with Crippen molar-refractivity contribution in [3.05, 3.63) is 65.7 Å². The number of amides is 1. The predicted molar refractivity (Wildman–Crippen MR) is 80.2 cm³/mol. The number of ether oxygens (including phenoxy) is 1. The van der Waals surface area contributed by atoms with E-state index in [0.717, 1.165) is 5.56 Å². The van der Waals surface area contributed by atoms with Crippen LogP contribution < -0.4 is 4.74 Å². The van der Waals surface area contributed by atoms with Gasteiger partial charge in [0.15, 0.2) is 6.29 Å². The van der Waals surface area contributed by atoms with E-state index in [1.807, 2.05) is 30.3 Å². The average Bonchev–Trinajstić information content (AvgIpc) is 2.53. The van der Waals surface area contributed by atoms with Gasteiger partial charge < -0.3 is 9.64 Å². The molecular weight excluding hydrogens is 266 g/mol. The minimum Gasteiger partial charge on any atom is -0.486 e. The van der Waals surface area contributed by atoms with Crippen molar-refractivity contribution in [2.24, 2.45) is 0 Å². The maximum atomic E-state index is 12.3. The van der Waals surface area contributed by atoms with Gasteiger partial charge >= 0.3 is 0 Å². The van der Waals surface area contributed by atoms with Crippen LogP contribution in [0.2, 0.25) is 0 Å². The highest BCUT2D eigenvalue weighted by molar-refractivity contribution is 5.94. The fraction of sp³-hybridized carbons (Fsp3) is 0.176. The van der Waals surface area contributed by atoms with Crippen molar-refractivity contribution in [2.45, 2.75) is 6.54 Å². The third kappa shape index (κ3) is 4.18. The normalized spacial score (nSPS) is 9.95. The molecule has 4 nitrogen and oxygen atoms in total. The molecule has 0 atom stereocenters. The first-order chi connectivity index (χ1) is 10.2. The first kappa shape index (κ1) is 14.8.